The molecule has 0 radical (unpaired) electrons. The monoisotopic (exact) mass is 268 g/mol. The van der Waals surface area contributed by atoms with Crippen LogP contribution in [0.4, 0.5) is 0 Å². The summed E-state index contributed by atoms with van der Waals surface area (Å²) in [5.74, 6) is -0.911. The van der Waals surface area contributed by atoms with Crippen molar-refractivity contribution in [1.29, 1.82) is 0 Å². The first kappa shape index (κ1) is 15.1. The minimum atomic E-state index is -1.05. The molecule has 0 aliphatic rings. The van der Waals surface area contributed by atoms with Gasteiger partial charge in [0.05, 0.1) is 19.8 Å². The molecule has 106 valence electrons. The Bertz CT molecular complexity index is 454. The number of hydrogen-bond acceptors (Lipinski definition) is 4. The van der Waals surface area contributed by atoms with Gasteiger partial charge >= 0.3 is 5.97 Å². The second kappa shape index (κ2) is 6.87. The van der Waals surface area contributed by atoms with E-state index in [0.29, 0.717) is 12.0 Å². The average Bonchev–Trinajstić information content (AvgIpc) is 2.39. The zero-order valence-electron chi connectivity index (χ0n) is 11.5. The van der Waals surface area contributed by atoms with Gasteiger partial charge in [0, 0.05) is 5.56 Å². The van der Waals surface area contributed by atoms with Crippen LogP contribution in [0, 0.1) is 0 Å². The lowest BCUT2D eigenvalue weighted by Crippen LogP contribution is -2.06. The first-order chi connectivity index (χ1) is 9.06. The number of hydrogen-bond donors (Lipinski definition) is 2. The van der Waals surface area contributed by atoms with E-state index < -0.39 is 5.97 Å². The predicted octanol–water partition coefficient (Wildman–Crippen LogP) is 2.84. The zero-order chi connectivity index (χ0) is 14.4. The summed E-state index contributed by atoms with van der Waals surface area (Å²) < 4.78 is 10.1. The molecule has 0 fully saturated rings. The highest BCUT2D eigenvalue weighted by molar-refractivity contribution is 5.92. The van der Waals surface area contributed by atoms with Crippen molar-refractivity contribution in [3.05, 3.63) is 17.2 Å². The molecule has 1 aromatic carbocycles. The van der Waals surface area contributed by atoms with Crippen molar-refractivity contribution in [2.45, 2.75) is 32.6 Å². The summed E-state index contributed by atoms with van der Waals surface area (Å²) in [6.45, 7) is 2.07. The summed E-state index contributed by atoms with van der Waals surface area (Å²) >= 11 is 0. The number of benzene rings is 1. The summed E-state index contributed by atoms with van der Waals surface area (Å²) in [7, 11) is 2.78. The van der Waals surface area contributed by atoms with E-state index in [0.717, 1.165) is 19.3 Å². The number of phenols is 1. The highest BCUT2D eigenvalue weighted by Gasteiger charge is 2.22. The number of carbonyl (C=O) groups is 1. The fourth-order valence-corrected chi connectivity index (χ4v) is 2.03. The third-order valence-corrected chi connectivity index (χ3v) is 3.01. The van der Waals surface area contributed by atoms with Gasteiger partial charge in [0.15, 0.2) is 11.5 Å². The van der Waals surface area contributed by atoms with Crippen LogP contribution in [0.5, 0.6) is 17.2 Å². The number of phenolic OH excluding ortho intramolecular Hbond substituents is 1. The van der Waals surface area contributed by atoms with Gasteiger partial charge in [0.1, 0.15) is 0 Å². The lowest BCUT2D eigenvalue weighted by atomic mass is 9.99. The molecule has 0 aliphatic carbocycles. The van der Waals surface area contributed by atoms with Crippen molar-refractivity contribution in [2.24, 2.45) is 0 Å². The smallest absolute Gasteiger partial charge is 0.336 e. The summed E-state index contributed by atoms with van der Waals surface area (Å²) in [6.07, 6.45) is 3.43. The number of aromatic carboxylic acids is 1. The maximum Gasteiger partial charge on any atom is 0.336 e. The highest BCUT2D eigenvalue weighted by atomic mass is 16.5. The second-order valence-corrected chi connectivity index (χ2v) is 4.25. The molecule has 0 saturated heterocycles. The Balaban J connectivity index is 3.29. The predicted molar refractivity (Wildman–Crippen MR) is 71.4 cm³/mol. The second-order valence-electron chi connectivity index (χ2n) is 4.25. The largest absolute Gasteiger partial charge is 0.502 e. The van der Waals surface area contributed by atoms with Crippen LogP contribution < -0.4 is 9.47 Å². The third-order valence-electron chi connectivity index (χ3n) is 3.01. The Labute approximate surface area is 112 Å². The molecular formula is C14H20O5. The van der Waals surface area contributed by atoms with Gasteiger partial charge in [0.2, 0.25) is 5.75 Å². The topological polar surface area (TPSA) is 76.0 Å². The van der Waals surface area contributed by atoms with E-state index in [1.54, 1.807) is 0 Å². The minimum Gasteiger partial charge on any atom is -0.502 e. The molecule has 0 unspecified atom stereocenters. The number of methoxy groups -OCH3 is 2. The number of carboxylic acids is 1. The lowest BCUT2D eigenvalue weighted by molar-refractivity contribution is 0.0694. The standard InChI is InChI=1S/C14H20O5/c1-4-5-6-7-9-10(14(16)17)8-11(18-2)12(15)13(9)19-3/h8,15H,4-7H2,1-3H3,(H,16,17). The fourth-order valence-electron chi connectivity index (χ4n) is 2.03. The van der Waals surface area contributed by atoms with E-state index >= 15 is 0 Å². The Morgan fingerprint density at radius 1 is 1.26 bits per heavy atom. The molecule has 19 heavy (non-hydrogen) atoms. The highest BCUT2D eigenvalue weighted by Crippen LogP contribution is 2.41. The van der Waals surface area contributed by atoms with Gasteiger partial charge in [-0.1, -0.05) is 19.8 Å². The zero-order valence-corrected chi connectivity index (χ0v) is 11.5. The summed E-state index contributed by atoms with van der Waals surface area (Å²) in [6, 6.07) is 1.33. The molecular weight excluding hydrogens is 248 g/mol. The SMILES string of the molecule is CCCCCc1c(C(=O)O)cc(OC)c(O)c1OC. The van der Waals surface area contributed by atoms with Crippen molar-refractivity contribution in [2.75, 3.05) is 14.2 Å². The van der Waals surface area contributed by atoms with Crippen LogP contribution in [-0.4, -0.2) is 30.4 Å². The molecule has 0 aromatic heterocycles. The van der Waals surface area contributed by atoms with Crippen molar-refractivity contribution >= 4 is 5.97 Å². The van der Waals surface area contributed by atoms with Crippen molar-refractivity contribution in [3.8, 4) is 17.2 Å². The van der Waals surface area contributed by atoms with E-state index in [-0.39, 0.29) is 22.8 Å². The van der Waals surface area contributed by atoms with Crippen LogP contribution in [0.2, 0.25) is 0 Å². The summed E-state index contributed by atoms with van der Waals surface area (Å²) in [4.78, 5) is 11.3. The summed E-state index contributed by atoms with van der Waals surface area (Å²) in [5.41, 5.74) is 0.629. The average molecular weight is 268 g/mol. The number of ether oxygens (including phenoxy) is 2. The van der Waals surface area contributed by atoms with Gasteiger partial charge in [-0.2, -0.15) is 0 Å². The molecule has 5 nitrogen and oxygen atoms in total. The van der Waals surface area contributed by atoms with E-state index in [2.05, 4.69) is 6.92 Å². The Morgan fingerprint density at radius 3 is 2.42 bits per heavy atom. The molecule has 0 bridgehead atoms. The lowest BCUT2D eigenvalue weighted by Gasteiger charge is -2.15. The molecule has 2 N–H and O–H groups in total. The van der Waals surface area contributed by atoms with Gasteiger partial charge < -0.3 is 19.7 Å². The summed E-state index contributed by atoms with van der Waals surface area (Å²) in [5, 5.41) is 19.2. The van der Waals surface area contributed by atoms with Crippen molar-refractivity contribution in [3.63, 3.8) is 0 Å². The molecule has 0 aliphatic heterocycles. The molecule has 0 amide bonds. The van der Waals surface area contributed by atoms with E-state index in [9.17, 15) is 15.0 Å². The van der Waals surface area contributed by atoms with E-state index in [1.807, 2.05) is 0 Å². The van der Waals surface area contributed by atoms with Gasteiger partial charge in [-0.25, -0.2) is 4.79 Å². The minimum absolute atomic E-state index is 0.105. The van der Waals surface area contributed by atoms with Crippen LogP contribution >= 0.6 is 0 Å². The van der Waals surface area contributed by atoms with Gasteiger partial charge in [-0.3, -0.25) is 0 Å². The number of carboxylic acid groups (broad SMARTS) is 1. The first-order valence-corrected chi connectivity index (χ1v) is 6.26. The molecule has 5 heteroatoms. The molecule has 0 heterocycles. The normalized spacial score (nSPS) is 10.3. The van der Waals surface area contributed by atoms with E-state index in [4.69, 9.17) is 9.47 Å². The Morgan fingerprint density at radius 2 is 1.95 bits per heavy atom. The number of unbranched alkanes of at least 4 members (excludes halogenated alkanes) is 2. The quantitative estimate of drug-likeness (QED) is 0.744. The molecule has 1 rings (SSSR count). The third kappa shape index (κ3) is 3.30. The van der Waals surface area contributed by atoms with Gasteiger partial charge in [-0.15, -0.1) is 0 Å². The van der Waals surface area contributed by atoms with E-state index in [1.165, 1.54) is 20.3 Å². The maximum atomic E-state index is 11.3. The van der Waals surface area contributed by atoms with Crippen LogP contribution in [-0.2, 0) is 6.42 Å². The van der Waals surface area contributed by atoms with Crippen LogP contribution in [0.15, 0.2) is 6.07 Å². The molecule has 0 spiro atoms. The molecule has 1 aromatic rings. The number of rotatable bonds is 7. The molecule has 0 saturated carbocycles. The van der Waals surface area contributed by atoms with Gasteiger partial charge in [0.25, 0.3) is 0 Å². The Kier molecular flexibility index (Phi) is 5.48. The first-order valence-electron chi connectivity index (χ1n) is 6.26. The van der Waals surface area contributed by atoms with Gasteiger partial charge in [-0.05, 0) is 18.9 Å². The van der Waals surface area contributed by atoms with Crippen molar-refractivity contribution in [1.82, 2.24) is 0 Å². The Hall–Kier alpha value is -1.91. The maximum absolute atomic E-state index is 11.3. The molecule has 0 atom stereocenters. The van der Waals surface area contributed by atoms with Crippen LogP contribution in [0.25, 0.3) is 0 Å². The number of aromatic hydroxyl groups is 1. The van der Waals surface area contributed by atoms with Crippen LogP contribution in [0.3, 0.4) is 0 Å². The van der Waals surface area contributed by atoms with Crippen molar-refractivity contribution < 1.29 is 24.5 Å². The van der Waals surface area contributed by atoms with Crippen LogP contribution in [0.1, 0.15) is 42.1 Å². The fraction of sp³-hybridized carbons (Fsp3) is 0.500.